The zero-order valence-corrected chi connectivity index (χ0v) is 10.4. The molecule has 0 unspecified atom stereocenters. The Morgan fingerprint density at radius 2 is 1.47 bits per heavy atom. The second-order valence-electron chi connectivity index (χ2n) is 4.40. The van der Waals surface area contributed by atoms with E-state index in [9.17, 15) is 4.79 Å². The molecule has 17 heavy (non-hydrogen) atoms. The number of benzene rings is 2. The van der Waals surface area contributed by atoms with Crippen LogP contribution >= 0.6 is 0 Å². The van der Waals surface area contributed by atoms with Crippen molar-refractivity contribution in [3.05, 3.63) is 58.7 Å². The summed E-state index contributed by atoms with van der Waals surface area (Å²) in [5.41, 5.74) is 6.72. The van der Waals surface area contributed by atoms with Crippen molar-refractivity contribution in [2.75, 3.05) is 0 Å². The van der Waals surface area contributed by atoms with Gasteiger partial charge in [-0.25, -0.2) is 0 Å². The van der Waals surface area contributed by atoms with E-state index in [1.54, 1.807) is 0 Å². The van der Waals surface area contributed by atoms with Crippen LogP contribution < -0.4 is 0 Å². The average molecular weight is 224 g/mol. The third-order valence-electron chi connectivity index (χ3n) is 3.25. The fourth-order valence-electron chi connectivity index (χ4n) is 2.29. The van der Waals surface area contributed by atoms with Gasteiger partial charge in [0, 0.05) is 5.56 Å². The summed E-state index contributed by atoms with van der Waals surface area (Å²) < 4.78 is 0. The highest BCUT2D eigenvalue weighted by Crippen LogP contribution is 2.30. The van der Waals surface area contributed by atoms with Gasteiger partial charge in [-0.2, -0.15) is 0 Å². The van der Waals surface area contributed by atoms with Gasteiger partial charge in [0.05, 0.1) is 0 Å². The lowest BCUT2D eigenvalue weighted by molar-refractivity contribution is 0.112. The zero-order chi connectivity index (χ0) is 12.4. The molecular weight excluding hydrogens is 208 g/mol. The summed E-state index contributed by atoms with van der Waals surface area (Å²) in [6, 6.07) is 12.2. The Kier molecular flexibility index (Phi) is 3.10. The van der Waals surface area contributed by atoms with Crippen LogP contribution in [0, 0.1) is 20.8 Å². The highest BCUT2D eigenvalue weighted by atomic mass is 16.1. The number of carbonyl (C=O) groups excluding carboxylic acids is 1. The Morgan fingerprint density at radius 3 is 2.06 bits per heavy atom. The molecule has 0 spiro atoms. The second kappa shape index (κ2) is 4.54. The van der Waals surface area contributed by atoms with Gasteiger partial charge in [-0.3, -0.25) is 4.79 Å². The molecule has 0 aliphatic rings. The minimum absolute atomic E-state index is 0.769. The van der Waals surface area contributed by atoms with Crippen molar-refractivity contribution in [3.8, 4) is 11.1 Å². The molecule has 0 aliphatic carbocycles. The smallest absolute Gasteiger partial charge is 0.150 e. The summed E-state index contributed by atoms with van der Waals surface area (Å²) in [5.74, 6) is 0. The largest absolute Gasteiger partial charge is 0.298 e. The Morgan fingerprint density at radius 1 is 0.882 bits per heavy atom. The normalized spacial score (nSPS) is 10.3. The van der Waals surface area contributed by atoms with Crippen LogP contribution in [0.4, 0.5) is 0 Å². The molecule has 1 heteroatoms. The van der Waals surface area contributed by atoms with Crippen LogP contribution in [0.5, 0.6) is 0 Å². The number of carbonyl (C=O) groups is 1. The van der Waals surface area contributed by atoms with Crippen LogP contribution in [0.1, 0.15) is 27.0 Å². The van der Waals surface area contributed by atoms with Crippen molar-refractivity contribution in [1.82, 2.24) is 0 Å². The molecule has 0 radical (unpaired) electrons. The molecule has 0 saturated heterocycles. The van der Waals surface area contributed by atoms with Crippen molar-refractivity contribution in [2.24, 2.45) is 0 Å². The molecule has 0 saturated carbocycles. The van der Waals surface area contributed by atoms with Crippen LogP contribution in [-0.2, 0) is 0 Å². The van der Waals surface area contributed by atoms with Crippen molar-refractivity contribution >= 4 is 6.29 Å². The fraction of sp³-hybridized carbons (Fsp3) is 0.188. The maximum Gasteiger partial charge on any atom is 0.150 e. The molecule has 0 amide bonds. The lowest BCUT2D eigenvalue weighted by Gasteiger charge is -2.13. The molecule has 2 aromatic rings. The molecule has 0 N–H and O–H groups in total. The van der Waals surface area contributed by atoms with Crippen LogP contribution in [0.3, 0.4) is 0 Å². The van der Waals surface area contributed by atoms with E-state index in [1.165, 1.54) is 16.7 Å². The van der Waals surface area contributed by atoms with Crippen molar-refractivity contribution in [3.63, 3.8) is 0 Å². The predicted molar refractivity (Wildman–Crippen MR) is 71.5 cm³/mol. The zero-order valence-electron chi connectivity index (χ0n) is 10.4. The summed E-state index contributed by atoms with van der Waals surface area (Å²) in [6.45, 7) is 6.22. The first-order chi connectivity index (χ1) is 8.15. The Bertz CT molecular complexity index is 547. The van der Waals surface area contributed by atoms with Crippen LogP contribution in [0.2, 0.25) is 0 Å². The molecule has 0 heterocycles. The Hall–Kier alpha value is -1.89. The molecule has 1 nitrogen and oxygen atoms in total. The molecule has 0 aliphatic heterocycles. The minimum atomic E-state index is 0.769. The number of aryl methyl sites for hydroxylation is 2. The Labute approximate surface area is 102 Å². The quantitative estimate of drug-likeness (QED) is 0.702. The molecular formula is C16H16O. The van der Waals surface area contributed by atoms with Crippen molar-refractivity contribution in [1.29, 1.82) is 0 Å². The van der Waals surface area contributed by atoms with E-state index in [1.807, 2.05) is 19.1 Å². The van der Waals surface area contributed by atoms with Gasteiger partial charge >= 0.3 is 0 Å². The molecule has 2 aromatic carbocycles. The SMILES string of the molecule is Cc1cccc(C)c1-c1cccc(C=O)c1C. The maximum atomic E-state index is 11.0. The molecule has 2 rings (SSSR count). The average Bonchev–Trinajstić information content (AvgIpc) is 2.31. The summed E-state index contributed by atoms with van der Waals surface area (Å²) in [5, 5.41) is 0. The summed E-state index contributed by atoms with van der Waals surface area (Å²) >= 11 is 0. The van der Waals surface area contributed by atoms with Gasteiger partial charge in [0.15, 0.2) is 0 Å². The van der Waals surface area contributed by atoms with Crippen LogP contribution in [-0.4, -0.2) is 6.29 Å². The monoisotopic (exact) mass is 224 g/mol. The van der Waals surface area contributed by atoms with Crippen molar-refractivity contribution < 1.29 is 4.79 Å². The van der Waals surface area contributed by atoms with Gasteiger partial charge in [0.25, 0.3) is 0 Å². The van der Waals surface area contributed by atoms with Gasteiger partial charge in [-0.05, 0) is 48.6 Å². The van der Waals surface area contributed by atoms with E-state index in [0.717, 1.165) is 23.0 Å². The lowest BCUT2D eigenvalue weighted by Crippen LogP contribution is -1.94. The molecule has 0 aromatic heterocycles. The van der Waals surface area contributed by atoms with E-state index in [4.69, 9.17) is 0 Å². The van der Waals surface area contributed by atoms with Gasteiger partial charge in [-0.1, -0.05) is 36.4 Å². The van der Waals surface area contributed by atoms with Crippen LogP contribution in [0.15, 0.2) is 36.4 Å². The first-order valence-electron chi connectivity index (χ1n) is 5.76. The van der Waals surface area contributed by atoms with E-state index in [2.05, 4.69) is 38.1 Å². The van der Waals surface area contributed by atoms with Gasteiger partial charge in [0.2, 0.25) is 0 Å². The molecule has 0 fully saturated rings. The van der Waals surface area contributed by atoms with Crippen LogP contribution in [0.25, 0.3) is 11.1 Å². The highest BCUT2D eigenvalue weighted by Gasteiger charge is 2.09. The summed E-state index contributed by atoms with van der Waals surface area (Å²) in [7, 11) is 0. The van der Waals surface area contributed by atoms with E-state index in [0.29, 0.717) is 0 Å². The minimum Gasteiger partial charge on any atom is -0.298 e. The number of hydrogen-bond donors (Lipinski definition) is 0. The summed E-state index contributed by atoms with van der Waals surface area (Å²) in [6.07, 6.45) is 0.923. The third-order valence-corrected chi connectivity index (χ3v) is 3.25. The molecule has 0 bridgehead atoms. The van der Waals surface area contributed by atoms with Gasteiger partial charge in [0.1, 0.15) is 6.29 Å². The second-order valence-corrected chi connectivity index (χ2v) is 4.40. The highest BCUT2D eigenvalue weighted by molar-refractivity contribution is 5.84. The van der Waals surface area contributed by atoms with E-state index < -0.39 is 0 Å². The lowest BCUT2D eigenvalue weighted by atomic mass is 9.91. The first-order valence-corrected chi connectivity index (χ1v) is 5.76. The number of rotatable bonds is 2. The van der Waals surface area contributed by atoms with Gasteiger partial charge in [-0.15, -0.1) is 0 Å². The third kappa shape index (κ3) is 2.01. The fourth-order valence-corrected chi connectivity index (χ4v) is 2.29. The number of aldehydes is 1. The Balaban J connectivity index is 2.73. The van der Waals surface area contributed by atoms with E-state index >= 15 is 0 Å². The molecule has 86 valence electrons. The summed E-state index contributed by atoms with van der Waals surface area (Å²) in [4.78, 5) is 11.0. The predicted octanol–water partition coefficient (Wildman–Crippen LogP) is 4.09. The maximum absolute atomic E-state index is 11.0. The van der Waals surface area contributed by atoms with E-state index in [-0.39, 0.29) is 0 Å². The van der Waals surface area contributed by atoms with Gasteiger partial charge < -0.3 is 0 Å². The first kappa shape index (κ1) is 11.6. The van der Waals surface area contributed by atoms with Crippen molar-refractivity contribution in [2.45, 2.75) is 20.8 Å². The standard InChI is InChI=1S/C16H16O/c1-11-6-4-7-12(2)16(11)15-9-5-8-14(10-17)13(15)3/h4-10H,1-3H3. The number of hydrogen-bond acceptors (Lipinski definition) is 1. The topological polar surface area (TPSA) is 17.1 Å². The molecule has 0 atom stereocenters.